The Labute approximate surface area is 144 Å². The second-order valence-electron chi connectivity index (χ2n) is 5.70. The molecule has 128 valence electrons. The number of carbonyl (C=O) groups excluding carboxylic acids is 1. The smallest absolute Gasteiger partial charge is 0.268 e. The third kappa shape index (κ3) is 3.08. The Morgan fingerprint density at radius 3 is 2.84 bits per heavy atom. The molecule has 4 rings (SSSR count). The molecule has 2 aromatic heterocycles. The lowest BCUT2D eigenvalue weighted by Gasteiger charge is -2.19. The van der Waals surface area contributed by atoms with Crippen molar-refractivity contribution in [3.63, 3.8) is 0 Å². The van der Waals surface area contributed by atoms with Gasteiger partial charge in [-0.1, -0.05) is 5.16 Å². The van der Waals surface area contributed by atoms with Crippen LogP contribution in [0.5, 0.6) is 11.5 Å². The van der Waals surface area contributed by atoms with E-state index in [1.165, 1.54) is 0 Å². The van der Waals surface area contributed by atoms with E-state index in [0.29, 0.717) is 42.7 Å². The maximum atomic E-state index is 12.5. The van der Waals surface area contributed by atoms with Crippen molar-refractivity contribution in [1.29, 1.82) is 0 Å². The van der Waals surface area contributed by atoms with Crippen LogP contribution in [0.25, 0.3) is 5.69 Å². The van der Waals surface area contributed by atoms with E-state index in [9.17, 15) is 4.79 Å². The second kappa shape index (κ2) is 6.35. The minimum absolute atomic E-state index is 0.194. The van der Waals surface area contributed by atoms with Crippen molar-refractivity contribution >= 4 is 5.91 Å². The Bertz CT molecular complexity index is 913. The average molecular weight is 339 g/mol. The first-order chi connectivity index (χ1) is 12.2. The molecule has 1 amide bonds. The molecule has 1 aliphatic rings. The van der Waals surface area contributed by atoms with Crippen LogP contribution in [0.2, 0.25) is 0 Å². The third-order valence-electron chi connectivity index (χ3n) is 3.89. The molecule has 1 aliphatic heterocycles. The number of aromatic nitrogens is 2. The standard InChI is InChI=1S/C18H17N3O4/c1-12-9-13(20-25-12)11-19-18(22)15-3-2-6-21(15)14-4-5-16-17(10-14)24-8-7-23-16/h2-6,9-10H,7-8,11H2,1H3,(H,19,22). The Morgan fingerprint density at radius 2 is 2.04 bits per heavy atom. The van der Waals surface area contributed by atoms with Crippen molar-refractivity contribution < 1.29 is 18.8 Å². The summed E-state index contributed by atoms with van der Waals surface area (Å²) in [5, 5.41) is 6.72. The first kappa shape index (κ1) is 15.3. The van der Waals surface area contributed by atoms with Gasteiger partial charge in [0.15, 0.2) is 11.5 Å². The molecule has 1 N–H and O–H groups in total. The first-order valence-electron chi connectivity index (χ1n) is 7.98. The van der Waals surface area contributed by atoms with Gasteiger partial charge in [-0.15, -0.1) is 0 Å². The molecule has 0 saturated carbocycles. The summed E-state index contributed by atoms with van der Waals surface area (Å²) in [5.74, 6) is 1.92. The van der Waals surface area contributed by atoms with Crippen molar-refractivity contribution in [2.24, 2.45) is 0 Å². The fourth-order valence-electron chi connectivity index (χ4n) is 2.74. The highest BCUT2D eigenvalue weighted by atomic mass is 16.6. The summed E-state index contributed by atoms with van der Waals surface area (Å²) in [7, 11) is 0. The van der Waals surface area contributed by atoms with E-state index in [1.807, 2.05) is 42.0 Å². The van der Waals surface area contributed by atoms with Gasteiger partial charge >= 0.3 is 0 Å². The molecule has 0 spiro atoms. The van der Waals surface area contributed by atoms with E-state index >= 15 is 0 Å². The second-order valence-corrected chi connectivity index (χ2v) is 5.70. The van der Waals surface area contributed by atoms with Crippen LogP contribution in [-0.4, -0.2) is 28.8 Å². The van der Waals surface area contributed by atoms with Gasteiger partial charge in [-0.2, -0.15) is 0 Å². The topological polar surface area (TPSA) is 78.5 Å². The lowest BCUT2D eigenvalue weighted by atomic mass is 10.2. The summed E-state index contributed by atoms with van der Waals surface area (Å²) < 4.78 is 18.0. The van der Waals surface area contributed by atoms with Crippen LogP contribution >= 0.6 is 0 Å². The van der Waals surface area contributed by atoms with E-state index in [4.69, 9.17) is 14.0 Å². The minimum atomic E-state index is -0.194. The summed E-state index contributed by atoms with van der Waals surface area (Å²) in [6, 6.07) is 11.0. The molecule has 0 unspecified atom stereocenters. The Balaban J connectivity index is 1.54. The van der Waals surface area contributed by atoms with Crippen molar-refractivity contribution in [2.45, 2.75) is 13.5 Å². The number of nitrogens with one attached hydrogen (secondary N) is 1. The average Bonchev–Trinajstić information content (AvgIpc) is 3.28. The molecule has 0 aliphatic carbocycles. The van der Waals surface area contributed by atoms with Gasteiger partial charge in [-0.3, -0.25) is 4.79 Å². The van der Waals surface area contributed by atoms with E-state index in [1.54, 1.807) is 12.1 Å². The summed E-state index contributed by atoms with van der Waals surface area (Å²) in [5.41, 5.74) is 2.04. The number of ether oxygens (including phenoxy) is 2. The SMILES string of the molecule is Cc1cc(CNC(=O)c2cccn2-c2ccc3c(c2)OCCO3)no1. The Morgan fingerprint density at radius 1 is 1.20 bits per heavy atom. The summed E-state index contributed by atoms with van der Waals surface area (Å²) >= 11 is 0. The zero-order valence-electron chi connectivity index (χ0n) is 13.7. The van der Waals surface area contributed by atoms with Crippen LogP contribution in [0.4, 0.5) is 0 Å². The molecule has 0 atom stereocenters. The van der Waals surface area contributed by atoms with Gasteiger partial charge in [0.2, 0.25) is 0 Å². The summed E-state index contributed by atoms with van der Waals surface area (Å²) in [6.07, 6.45) is 1.83. The van der Waals surface area contributed by atoms with Crippen LogP contribution in [0.15, 0.2) is 47.1 Å². The van der Waals surface area contributed by atoms with Gasteiger partial charge in [0.25, 0.3) is 5.91 Å². The van der Waals surface area contributed by atoms with Gasteiger partial charge in [0.1, 0.15) is 30.4 Å². The maximum Gasteiger partial charge on any atom is 0.268 e. The summed E-state index contributed by atoms with van der Waals surface area (Å²) in [4.78, 5) is 12.5. The highest BCUT2D eigenvalue weighted by molar-refractivity contribution is 5.93. The fourth-order valence-corrected chi connectivity index (χ4v) is 2.74. The Kier molecular flexibility index (Phi) is 3.89. The van der Waals surface area contributed by atoms with Gasteiger partial charge in [0.05, 0.1) is 6.54 Å². The molecule has 1 aromatic carbocycles. The highest BCUT2D eigenvalue weighted by Gasteiger charge is 2.16. The monoisotopic (exact) mass is 339 g/mol. The molecule has 0 saturated heterocycles. The van der Waals surface area contributed by atoms with Crippen molar-refractivity contribution in [3.8, 4) is 17.2 Å². The quantitative estimate of drug-likeness (QED) is 0.790. The van der Waals surface area contributed by atoms with Gasteiger partial charge in [-0.05, 0) is 31.2 Å². The number of hydrogen-bond acceptors (Lipinski definition) is 5. The fraction of sp³-hybridized carbons (Fsp3) is 0.222. The van der Waals surface area contributed by atoms with E-state index in [0.717, 1.165) is 11.4 Å². The summed E-state index contributed by atoms with van der Waals surface area (Å²) in [6.45, 7) is 3.19. The normalized spacial score (nSPS) is 12.8. The number of rotatable bonds is 4. The van der Waals surface area contributed by atoms with E-state index < -0.39 is 0 Å². The molecule has 0 radical (unpaired) electrons. The predicted molar refractivity (Wildman–Crippen MR) is 89.2 cm³/mol. The van der Waals surface area contributed by atoms with Crippen molar-refractivity contribution in [1.82, 2.24) is 15.0 Å². The zero-order valence-corrected chi connectivity index (χ0v) is 13.7. The van der Waals surface area contributed by atoms with Crippen LogP contribution in [0.3, 0.4) is 0 Å². The van der Waals surface area contributed by atoms with Gasteiger partial charge in [-0.25, -0.2) is 0 Å². The minimum Gasteiger partial charge on any atom is -0.486 e. The largest absolute Gasteiger partial charge is 0.486 e. The molecule has 3 heterocycles. The lowest BCUT2D eigenvalue weighted by molar-refractivity contribution is 0.0943. The van der Waals surface area contributed by atoms with Crippen LogP contribution in [-0.2, 0) is 6.54 Å². The van der Waals surface area contributed by atoms with Crippen LogP contribution in [0.1, 0.15) is 21.9 Å². The number of nitrogens with zero attached hydrogens (tertiary/aromatic N) is 2. The molecule has 0 fully saturated rings. The number of fused-ring (bicyclic) bond motifs is 1. The number of hydrogen-bond donors (Lipinski definition) is 1. The van der Waals surface area contributed by atoms with Gasteiger partial charge < -0.3 is 23.9 Å². The van der Waals surface area contributed by atoms with E-state index in [2.05, 4.69) is 10.5 Å². The molecular formula is C18H17N3O4. The molecule has 3 aromatic rings. The van der Waals surface area contributed by atoms with Gasteiger partial charge in [0, 0.05) is 24.0 Å². The Hall–Kier alpha value is -3.22. The van der Waals surface area contributed by atoms with Crippen LogP contribution in [0, 0.1) is 6.92 Å². The molecule has 0 bridgehead atoms. The molecule has 7 heteroatoms. The number of carbonyl (C=O) groups is 1. The van der Waals surface area contributed by atoms with Crippen LogP contribution < -0.4 is 14.8 Å². The zero-order chi connectivity index (χ0) is 17.2. The number of benzene rings is 1. The predicted octanol–water partition coefficient (Wildman–Crippen LogP) is 2.47. The molecule has 25 heavy (non-hydrogen) atoms. The van der Waals surface area contributed by atoms with Crippen molar-refractivity contribution in [2.75, 3.05) is 13.2 Å². The molecular weight excluding hydrogens is 322 g/mol. The third-order valence-corrected chi connectivity index (χ3v) is 3.89. The highest BCUT2D eigenvalue weighted by Crippen LogP contribution is 2.32. The molecule has 7 nitrogen and oxygen atoms in total. The number of amides is 1. The lowest BCUT2D eigenvalue weighted by Crippen LogP contribution is -2.25. The number of aryl methyl sites for hydroxylation is 1. The first-order valence-corrected chi connectivity index (χ1v) is 7.98. The van der Waals surface area contributed by atoms with Crippen molar-refractivity contribution in [3.05, 3.63) is 59.7 Å². The maximum absolute atomic E-state index is 12.5. The van der Waals surface area contributed by atoms with E-state index in [-0.39, 0.29) is 5.91 Å².